The first-order valence-electron chi connectivity index (χ1n) is 5.42. The molecule has 17 heavy (non-hydrogen) atoms. The van der Waals surface area contributed by atoms with Crippen LogP contribution in [0.1, 0.15) is 5.56 Å². The van der Waals surface area contributed by atoms with E-state index in [0.717, 1.165) is 11.0 Å². The van der Waals surface area contributed by atoms with Gasteiger partial charge in [-0.1, -0.05) is 34.1 Å². The minimum absolute atomic E-state index is 0.0181. The van der Waals surface area contributed by atoms with Crippen LogP contribution in [0.5, 0.6) is 0 Å². The summed E-state index contributed by atoms with van der Waals surface area (Å²) in [6.45, 7) is 5.23. The predicted octanol–water partition coefficient (Wildman–Crippen LogP) is 2.18. The minimum Gasteiger partial charge on any atom is -0.352 e. The monoisotopic (exact) mass is 296 g/mol. The zero-order valence-corrected chi connectivity index (χ0v) is 11.5. The number of carbonyl (C=O) groups excluding carboxylic acids is 1. The molecule has 0 radical (unpaired) electrons. The van der Waals surface area contributed by atoms with Gasteiger partial charge in [0.1, 0.15) is 0 Å². The first kappa shape index (κ1) is 13.9. The molecule has 4 heteroatoms. The van der Waals surface area contributed by atoms with Crippen molar-refractivity contribution in [2.24, 2.45) is 0 Å². The summed E-state index contributed by atoms with van der Waals surface area (Å²) in [5.74, 6) is 0.0181. The summed E-state index contributed by atoms with van der Waals surface area (Å²) in [6, 6.07) is 8.09. The van der Waals surface area contributed by atoms with Gasteiger partial charge in [-0.3, -0.25) is 9.69 Å². The maximum Gasteiger partial charge on any atom is 0.234 e. The van der Waals surface area contributed by atoms with Crippen LogP contribution in [0.3, 0.4) is 0 Å². The largest absolute Gasteiger partial charge is 0.352 e. The van der Waals surface area contributed by atoms with Crippen LogP contribution in [0.15, 0.2) is 41.4 Å². The van der Waals surface area contributed by atoms with Gasteiger partial charge in [0, 0.05) is 17.6 Å². The summed E-state index contributed by atoms with van der Waals surface area (Å²) < 4.78 is 1.06. The van der Waals surface area contributed by atoms with E-state index < -0.39 is 0 Å². The standard InChI is InChI=1S/C13H17BrN2O/c1-3-8-15-13(17)10-16(2)9-11-4-6-12(14)7-5-11/h3-7H,1,8-10H2,2H3,(H,15,17). The van der Waals surface area contributed by atoms with Crippen LogP contribution in [0.2, 0.25) is 0 Å². The average Bonchev–Trinajstić information content (AvgIpc) is 2.29. The van der Waals surface area contributed by atoms with Crippen molar-refractivity contribution in [2.75, 3.05) is 20.1 Å². The van der Waals surface area contributed by atoms with Gasteiger partial charge in [-0.2, -0.15) is 0 Å². The van der Waals surface area contributed by atoms with Crippen LogP contribution in [-0.4, -0.2) is 30.9 Å². The number of benzene rings is 1. The van der Waals surface area contributed by atoms with Gasteiger partial charge in [0.2, 0.25) is 5.91 Å². The highest BCUT2D eigenvalue weighted by Gasteiger charge is 2.05. The van der Waals surface area contributed by atoms with Gasteiger partial charge < -0.3 is 5.32 Å². The first-order valence-corrected chi connectivity index (χ1v) is 6.21. The maximum absolute atomic E-state index is 11.4. The molecule has 1 N–H and O–H groups in total. The highest BCUT2D eigenvalue weighted by molar-refractivity contribution is 9.10. The fourth-order valence-corrected chi connectivity index (χ4v) is 1.71. The molecule has 0 aromatic heterocycles. The molecule has 0 bridgehead atoms. The summed E-state index contributed by atoms with van der Waals surface area (Å²) in [5, 5.41) is 2.75. The Morgan fingerprint density at radius 1 is 1.47 bits per heavy atom. The zero-order chi connectivity index (χ0) is 12.7. The average molecular weight is 297 g/mol. The normalized spacial score (nSPS) is 10.3. The van der Waals surface area contributed by atoms with Gasteiger partial charge in [0.25, 0.3) is 0 Å². The van der Waals surface area contributed by atoms with Crippen LogP contribution in [0.25, 0.3) is 0 Å². The Hall–Kier alpha value is -1.13. The van der Waals surface area contributed by atoms with E-state index in [4.69, 9.17) is 0 Å². The molecule has 0 spiro atoms. The molecule has 0 aliphatic heterocycles. The fraction of sp³-hybridized carbons (Fsp3) is 0.308. The number of nitrogens with zero attached hydrogens (tertiary/aromatic N) is 1. The van der Waals surface area contributed by atoms with Crippen molar-refractivity contribution in [1.82, 2.24) is 10.2 Å². The second-order valence-corrected chi connectivity index (χ2v) is 4.81. The molecule has 3 nitrogen and oxygen atoms in total. The Morgan fingerprint density at radius 3 is 2.71 bits per heavy atom. The number of rotatable bonds is 6. The number of likely N-dealkylation sites (N-methyl/N-ethyl adjacent to an activating group) is 1. The number of carbonyl (C=O) groups is 1. The number of hydrogen-bond acceptors (Lipinski definition) is 2. The van der Waals surface area contributed by atoms with Crippen molar-refractivity contribution in [2.45, 2.75) is 6.54 Å². The van der Waals surface area contributed by atoms with Crippen LogP contribution in [-0.2, 0) is 11.3 Å². The maximum atomic E-state index is 11.4. The predicted molar refractivity (Wildman–Crippen MR) is 73.7 cm³/mol. The zero-order valence-electron chi connectivity index (χ0n) is 9.95. The first-order chi connectivity index (χ1) is 8.11. The van der Waals surface area contributed by atoms with E-state index in [-0.39, 0.29) is 5.91 Å². The van der Waals surface area contributed by atoms with Crippen LogP contribution < -0.4 is 5.32 Å². The smallest absolute Gasteiger partial charge is 0.234 e. The summed E-state index contributed by atoms with van der Waals surface area (Å²) in [5.41, 5.74) is 1.19. The molecule has 1 aromatic rings. The van der Waals surface area contributed by atoms with E-state index in [1.807, 2.05) is 36.2 Å². The Labute approximate surface area is 111 Å². The number of hydrogen-bond donors (Lipinski definition) is 1. The van der Waals surface area contributed by atoms with E-state index in [2.05, 4.69) is 27.8 Å². The van der Waals surface area contributed by atoms with Crippen molar-refractivity contribution >= 4 is 21.8 Å². The van der Waals surface area contributed by atoms with E-state index in [1.54, 1.807) is 6.08 Å². The molecule has 0 fully saturated rings. The highest BCUT2D eigenvalue weighted by atomic mass is 79.9. The Bertz CT molecular complexity index is 376. The summed E-state index contributed by atoms with van der Waals surface area (Å²) >= 11 is 3.39. The molecular formula is C13H17BrN2O. The lowest BCUT2D eigenvalue weighted by atomic mass is 10.2. The van der Waals surface area contributed by atoms with Crippen molar-refractivity contribution in [3.63, 3.8) is 0 Å². The number of nitrogens with one attached hydrogen (secondary N) is 1. The molecule has 0 aliphatic rings. The highest BCUT2D eigenvalue weighted by Crippen LogP contribution is 2.11. The third kappa shape index (κ3) is 5.65. The van der Waals surface area contributed by atoms with Gasteiger partial charge in [-0.05, 0) is 24.7 Å². The van der Waals surface area contributed by atoms with Crippen molar-refractivity contribution < 1.29 is 4.79 Å². The van der Waals surface area contributed by atoms with Crippen molar-refractivity contribution in [3.8, 4) is 0 Å². The number of amides is 1. The summed E-state index contributed by atoms with van der Waals surface area (Å²) in [4.78, 5) is 13.4. The molecule has 1 rings (SSSR count). The number of halogens is 1. The van der Waals surface area contributed by atoms with Crippen LogP contribution in [0, 0.1) is 0 Å². The third-order valence-corrected chi connectivity index (χ3v) is 2.75. The van der Waals surface area contributed by atoms with E-state index in [1.165, 1.54) is 5.56 Å². The third-order valence-electron chi connectivity index (χ3n) is 2.22. The Morgan fingerprint density at radius 2 is 2.12 bits per heavy atom. The Kier molecular flexibility index (Phi) is 5.94. The Balaban J connectivity index is 2.38. The molecule has 0 heterocycles. The quantitative estimate of drug-likeness (QED) is 0.816. The molecule has 1 aromatic carbocycles. The van der Waals surface area contributed by atoms with Gasteiger partial charge in [0.15, 0.2) is 0 Å². The second-order valence-electron chi connectivity index (χ2n) is 3.89. The van der Waals surface area contributed by atoms with Crippen LogP contribution >= 0.6 is 15.9 Å². The van der Waals surface area contributed by atoms with E-state index in [9.17, 15) is 4.79 Å². The molecule has 92 valence electrons. The molecule has 0 saturated carbocycles. The molecule has 0 unspecified atom stereocenters. The van der Waals surface area contributed by atoms with Crippen LogP contribution in [0.4, 0.5) is 0 Å². The van der Waals surface area contributed by atoms with E-state index in [0.29, 0.717) is 13.1 Å². The van der Waals surface area contributed by atoms with Crippen molar-refractivity contribution in [1.29, 1.82) is 0 Å². The lowest BCUT2D eigenvalue weighted by Crippen LogP contribution is -2.34. The lowest BCUT2D eigenvalue weighted by Gasteiger charge is -2.16. The van der Waals surface area contributed by atoms with Gasteiger partial charge >= 0.3 is 0 Å². The minimum atomic E-state index is 0.0181. The molecule has 1 amide bonds. The van der Waals surface area contributed by atoms with Crippen molar-refractivity contribution in [3.05, 3.63) is 47.0 Å². The topological polar surface area (TPSA) is 32.3 Å². The molecule has 0 aliphatic carbocycles. The fourth-order valence-electron chi connectivity index (χ4n) is 1.44. The van der Waals surface area contributed by atoms with E-state index >= 15 is 0 Å². The van der Waals surface area contributed by atoms with Gasteiger partial charge in [0.05, 0.1) is 6.54 Å². The lowest BCUT2D eigenvalue weighted by molar-refractivity contribution is -0.121. The van der Waals surface area contributed by atoms with Gasteiger partial charge in [-0.15, -0.1) is 6.58 Å². The summed E-state index contributed by atoms with van der Waals surface area (Å²) in [7, 11) is 1.93. The summed E-state index contributed by atoms with van der Waals surface area (Å²) in [6.07, 6.45) is 1.67. The molecular weight excluding hydrogens is 280 g/mol. The molecule has 0 saturated heterocycles. The SMILES string of the molecule is C=CCNC(=O)CN(C)Cc1ccc(Br)cc1. The molecule has 0 atom stereocenters. The second kappa shape index (κ2) is 7.25. The van der Waals surface area contributed by atoms with Gasteiger partial charge in [-0.25, -0.2) is 0 Å².